The van der Waals surface area contributed by atoms with E-state index >= 15 is 0 Å². The zero-order chi connectivity index (χ0) is 14.6. The van der Waals surface area contributed by atoms with E-state index in [4.69, 9.17) is 5.73 Å². The van der Waals surface area contributed by atoms with Gasteiger partial charge in [0.25, 0.3) is 10.0 Å². The van der Waals surface area contributed by atoms with E-state index in [0.717, 1.165) is 4.41 Å². The topological polar surface area (TPSA) is 102 Å². The zero-order valence-electron chi connectivity index (χ0n) is 10.7. The van der Waals surface area contributed by atoms with Crippen molar-refractivity contribution in [2.45, 2.75) is 4.90 Å². The van der Waals surface area contributed by atoms with Gasteiger partial charge in [0.05, 0.1) is 11.1 Å². The van der Waals surface area contributed by atoms with Crippen LogP contribution in [0.2, 0.25) is 0 Å². The molecular weight excluding hydrogens is 278 g/mol. The van der Waals surface area contributed by atoms with E-state index in [9.17, 15) is 8.42 Å². The SMILES string of the molecule is CN(/N=C(\N)c1cnccn1)S(=O)(=O)c1ccccc1. The first-order chi connectivity index (χ1) is 9.51. The number of nitrogens with zero attached hydrogens (tertiary/aromatic N) is 4. The highest BCUT2D eigenvalue weighted by Gasteiger charge is 2.19. The summed E-state index contributed by atoms with van der Waals surface area (Å²) in [5.41, 5.74) is 6.02. The van der Waals surface area contributed by atoms with Gasteiger partial charge in [-0.3, -0.25) is 4.98 Å². The Hall–Kier alpha value is -2.48. The Morgan fingerprint density at radius 3 is 2.55 bits per heavy atom. The molecule has 0 aliphatic heterocycles. The van der Waals surface area contributed by atoms with Crippen molar-refractivity contribution in [2.75, 3.05) is 7.05 Å². The smallest absolute Gasteiger partial charge is 0.278 e. The normalized spacial score (nSPS) is 12.2. The van der Waals surface area contributed by atoms with Crippen LogP contribution in [0.4, 0.5) is 0 Å². The highest BCUT2D eigenvalue weighted by Crippen LogP contribution is 2.13. The summed E-state index contributed by atoms with van der Waals surface area (Å²) in [4.78, 5) is 7.93. The maximum absolute atomic E-state index is 12.2. The first-order valence-corrected chi connectivity index (χ1v) is 7.10. The largest absolute Gasteiger partial charge is 0.380 e. The van der Waals surface area contributed by atoms with Crippen molar-refractivity contribution in [3.05, 3.63) is 54.6 Å². The minimum Gasteiger partial charge on any atom is -0.380 e. The number of sulfonamides is 1. The molecule has 1 heterocycles. The van der Waals surface area contributed by atoms with Crippen LogP contribution >= 0.6 is 0 Å². The van der Waals surface area contributed by atoms with Gasteiger partial charge in [-0.1, -0.05) is 18.2 Å². The lowest BCUT2D eigenvalue weighted by Crippen LogP contribution is -2.27. The summed E-state index contributed by atoms with van der Waals surface area (Å²) in [6, 6.07) is 7.98. The Labute approximate surface area is 116 Å². The molecule has 0 saturated carbocycles. The van der Waals surface area contributed by atoms with E-state index in [-0.39, 0.29) is 10.7 Å². The minimum absolute atomic E-state index is 0.0277. The molecule has 104 valence electrons. The van der Waals surface area contributed by atoms with Crippen LogP contribution in [0.15, 0.2) is 58.9 Å². The molecule has 0 bridgehead atoms. The van der Waals surface area contributed by atoms with Crippen molar-refractivity contribution in [3.63, 3.8) is 0 Å². The molecule has 2 rings (SSSR count). The number of rotatable bonds is 4. The van der Waals surface area contributed by atoms with Crippen LogP contribution in [-0.4, -0.2) is 35.7 Å². The Kier molecular flexibility index (Phi) is 3.94. The summed E-state index contributed by atoms with van der Waals surface area (Å²) in [5, 5.41) is 3.83. The Morgan fingerprint density at radius 2 is 1.95 bits per heavy atom. The molecule has 0 aliphatic rings. The van der Waals surface area contributed by atoms with Crippen LogP contribution in [0.3, 0.4) is 0 Å². The molecule has 1 aromatic carbocycles. The Bertz CT molecular complexity index is 701. The summed E-state index contributed by atoms with van der Waals surface area (Å²) in [5.74, 6) is -0.0277. The van der Waals surface area contributed by atoms with Crippen molar-refractivity contribution in [2.24, 2.45) is 10.8 Å². The molecule has 0 unspecified atom stereocenters. The highest BCUT2D eigenvalue weighted by molar-refractivity contribution is 7.89. The first kappa shape index (κ1) is 13.9. The van der Waals surface area contributed by atoms with Crippen LogP contribution < -0.4 is 5.73 Å². The molecule has 0 atom stereocenters. The quantitative estimate of drug-likeness (QED) is 0.499. The monoisotopic (exact) mass is 291 g/mol. The second kappa shape index (κ2) is 5.66. The van der Waals surface area contributed by atoms with Crippen LogP contribution in [0.5, 0.6) is 0 Å². The third-order valence-electron chi connectivity index (χ3n) is 2.46. The van der Waals surface area contributed by atoms with Crippen molar-refractivity contribution >= 4 is 15.9 Å². The van der Waals surface area contributed by atoms with Crippen LogP contribution in [0, 0.1) is 0 Å². The van der Waals surface area contributed by atoms with Gasteiger partial charge in [-0.05, 0) is 12.1 Å². The molecule has 0 fully saturated rings. The molecule has 20 heavy (non-hydrogen) atoms. The Morgan fingerprint density at radius 1 is 1.25 bits per heavy atom. The number of amidine groups is 1. The van der Waals surface area contributed by atoms with E-state index in [0.29, 0.717) is 5.69 Å². The van der Waals surface area contributed by atoms with Crippen LogP contribution in [0.25, 0.3) is 0 Å². The van der Waals surface area contributed by atoms with Gasteiger partial charge < -0.3 is 5.73 Å². The third-order valence-corrected chi connectivity index (χ3v) is 4.11. The molecule has 0 amide bonds. The number of benzene rings is 1. The molecular formula is C12H13N5O2S. The summed E-state index contributed by atoms with van der Waals surface area (Å²) >= 11 is 0. The lowest BCUT2D eigenvalue weighted by molar-refractivity contribution is 0.489. The predicted octanol–water partition coefficient (Wildman–Crippen LogP) is 0.418. The van der Waals surface area contributed by atoms with Gasteiger partial charge in [0.1, 0.15) is 5.69 Å². The van der Waals surface area contributed by atoms with Gasteiger partial charge in [0.2, 0.25) is 0 Å². The maximum atomic E-state index is 12.2. The fraction of sp³-hybridized carbons (Fsp3) is 0.0833. The van der Waals surface area contributed by atoms with Crippen molar-refractivity contribution in [1.29, 1.82) is 0 Å². The van der Waals surface area contributed by atoms with E-state index in [1.807, 2.05) is 0 Å². The molecule has 7 nitrogen and oxygen atoms in total. The average Bonchev–Trinajstić information content (AvgIpc) is 2.49. The maximum Gasteiger partial charge on any atom is 0.278 e. The van der Waals surface area contributed by atoms with Gasteiger partial charge in [-0.15, -0.1) is 5.10 Å². The van der Waals surface area contributed by atoms with Crippen molar-refractivity contribution in [3.8, 4) is 0 Å². The second-order valence-electron chi connectivity index (χ2n) is 3.83. The molecule has 2 N–H and O–H groups in total. The predicted molar refractivity (Wildman–Crippen MR) is 74.1 cm³/mol. The fourth-order valence-corrected chi connectivity index (χ4v) is 2.43. The fourth-order valence-electron chi connectivity index (χ4n) is 1.43. The summed E-state index contributed by atoms with van der Waals surface area (Å²) in [6.07, 6.45) is 4.34. The van der Waals surface area contributed by atoms with Gasteiger partial charge >= 0.3 is 0 Å². The first-order valence-electron chi connectivity index (χ1n) is 5.66. The third kappa shape index (κ3) is 2.91. The molecule has 0 spiro atoms. The number of hydrogen-bond acceptors (Lipinski definition) is 5. The molecule has 8 heteroatoms. The van der Waals surface area contributed by atoms with E-state index < -0.39 is 10.0 Å². The van der Waals surface area contributed by atoms with Gasteiger partial charge in [0.15, 0.2) is 5.84 Å². The summed E-state index contributed by atoms with van der Waals surface area (Å²) < 4.78 is 25.3. The Balaban J connectivity index is 2.30. The highest BCUT2D eigenvalue weighted by atomic mass is 32.2. The van der Waals surface area contributed by atoms with Crippen molar-refractivity contribution in [1.82, 2.24) is 14.4 Å². The number of aromatic nitrogens is 2. The standard InChI is InChI=1S/C12H13N5O2S/c1-17(16-12(13)11-9-14-7-8-15-11)20(18,19)10-5-3-2-4-6-10/h2-9H,1H3,(H2,13,16). The van der Waals surface area contributed by atoms with Crippen LogP contribution in [0.1, 0.15) is 5.69 Å². The molecule has 1 aromatic heterocycles. The van der Waals surface area contributed by atoms with E-state index in [1.165, 1.54) is 37.8 Å². The van der Waals surface area contributed by atoms with E-state index in [2.05, 4.69) is 15.1 Å². The lowest BCUT2D eigenvalue weighted by atomic mass is 10.4. The molecule has 0 aliphatic carbocycles. The number of nitrogens with two attached hydrogens (primary N) is 1. The van der Waals surface area contributed by atoms with Gasteiger partial charge in [0, 0.05) is 19.4 Å². The number of hydrogen-bond donors (Lipinski definition) is 1. The van der Waals surface area contributed by atoms with Gasteiger partial charge in [-0.25, -0.2) is 4.98 Å². The van der Waals surface area contributed by atoms with Crippen molar-refractivity contribution < 1.29 is 8.42 Å². The minimum atomic E-state index is -3.72. The average molecular weight is 291 g/mol. The van der Waals surface area contributed by atoms with E-state index in [1.54, 1.807) is 18.2 Å². The summed E-state index contributed by atoms with van der Waals surface area (Å²) in [7, 11) is -2.41. The second-order valence-corrected chi connectivity index (χ2v) is 5.78. The van der Waals surface area contributed by atoms with Gasteiger partial charge in [-0.2, -0.15) is 12.8 Å². The lowest BCUT2D eigenvalue weighted by Gasteiger charge is -2.14. The summed E-state index contributed by atoms with van der Waals surface area (Å²) in [6.45, 7) is 0. The molecule has 0 saturated heterocycles. The molecule has 0 radical (unpaired) electrons. The van der Waals surface area contributed by atoms with Crippen LogP contribution in [-0.2, 0) is 10.0 Å². The molecule has 2 aromatic rings. The number of hydrazone groups is 1. The zero-order valence-corrected chi connectivity index (χ0v) is 11.5.